The SMILES string of the molecule is O=C([O-])c1cccc(S(=O)(=O)[O-])c1C(=O)[O-].[K+].[K+].[K+]. The van der Waals surface area contributed by atoms with Crippen LogP contribution in [0.3, 0.4) is 0 Å². The van der Waals surface area contributed by atoms with Gasteiger partial charge in [-0.05, 0) is 6.07 Å². The van der Waals surface area contributed by atoms with E-state index in [2.05, 4.69) is 0 Å². The number of benzene rings is 1. The molecular weight excluding hydrogens is 357 g/mol. The molecule has 19 heavy (non-hydrogen) atoms. The van der Waals surface area contributed by atoms with Crippen molar-refractivity contribution in [1.82, 2.24) is 0 Å². The fourth-order valence-corrected chi connectivity index (χ4v) is 1.81. The normalized spacial score (nSPS) is 9.32. The first-order valence-corrected chi connectivity index (χ1v) is 5.17. The molecule has 0 aliphatic rings. The van der Waals surface area contributed by atoms with Gasteiger partial charge in [0.1, 0.15) is 10.1 Å². The van der Waals surface area contributed by atoms with Gasteiger partial charge in [-0.25, -0.2) is 8.42 Å². The van der Waals surface area contributed by atoms with Gasteiger partial charge in [-0.1, -0.05) is 12.1 Å². The van der Waals surface area contributed by atoms with Crippen LogP contribution < -0.4 is 164 Å². The fraction of sp³-hybridized carbons (Fsp3) is 0. The Labute approximate surface area is 236 Å². The summed E-state index contributed by atoms with van der Waals surface area (Å²) < 4.78 is 32.0. The molecule has 0 N–H and O–H groups in total. The van der Waals surface area contributed by atoms with E-state index in [1.807, 2.05) is 0 Å². The van der Waals surface area contributed by atoms with Gasteiger partial charge in [-0.2, -0.15) is 0 Å². The van der Waals surface area contributed by atoms with Gasteiger partial charge in [-0.15, -0.1) is 0 Å². The molecule has 0 spiro atoms. The quantitative estimate of drug-likeness (QED) is 0.385. The van der Waals surface area contributed by atoms with Crippen molar-refractivity contribution in [3.8, 4) is 0 Å². The summed E-state index contributed by atoms with van der Waals surface area (Å²) >= 11 is 0. The monoisotopic (exact) mass is 360 g/mol. The third-order valence-corrected chi connectivity index (χ3v) is 2.60. The third-order valence-electron chi connectivity index (χ3n) is 1.72. The second kappa shape index (κ2) is 11.5. The topological polar surface area (TPSA) is 137 Å². The molecule has 1 aromatic carbocycles. The number of carbonyl (C=O) groups excluding carboxylic acids is 2. The van der Waals surface area contributed by atoms with E-state index in [-0.39, 0.29) is 154 Å². The standard InChI is InChI=1S/C8H6O7S.3K/c9-7(10)4-2-1-3-5(16(13,14)15)6(4)8(11)12;;;/h1-3H,(H,9,10)(H,11,12)(H,13,14,15);;;/q;3*+1/p-3. The number of hydrogen-bond donors (Lipinski definition) is 0. The Morgan fingerprint density at radius 1 is 0.947 bits per heavy atom. The average Bonchev–Trinajstić information content (AvgIpc) is 2.14. The van der Waals surface area contributed by atoms with E-state index in [1.54, 1.807) is 0 Å². The van der Waals surface area contributed by atoms with Crippen molar-refractivity contribution in [1.29, 1.82) is 0 Å². The molecule has 1 rings (SSSR count). The van der Waals surface area contributed by atoms with Crippen LogP contribution in [0.5, 0.6) is 0 Å². The van der Waals surface area contributed by atoms with Crippen LogP contribution in [-0.4, -0.2) is 24.9 Å². The number of rotatable bonds is 3. The third kappa shape index (κ3) is 7.87. The molecule has 7 nitrogen and oxygen atoms in total. The van der Waals surface area contributed by atoms with E-state index in [0.29, 0.717) is 6.07 Å². The van der Waals surface area contributed by atoms with E-state index < -0.39 is 38.1 Å². The van der Waals surface area contributed by atoms with E-state index in [0.717, 1.165) is 12.1 Å². The molecule has 0 aliphatic heterocycles. The second-order valence-electron chi connectivity index (χ2n) is 2.71. The predicted molar refractivity (Wildman–Crippen MR) is 43.1 cm³/mol. The molecule has 0 aliphatic carbocycles. The van der Waals surface area contributed by atoms with Gasteiger partial charge >= 0.3 is 154 Å². The summed E-state index contributed by atoms with van der Waals surface area (Å²) in [5.74, 6) is -3.99. The number of hydrogen-bond acceptors (Lipinski definition) is 7. The molecule has 0 fully saturated rings. The van der Waals surface area contributed by atoms with Crippen molar-refractivity contribution in [2.75, 3.05) is 0 Å². The molecule has 0 heterocycles. The maximum absolute atomic E-state index is 10.7. The van der Waals surface area contributed by atoms with Crippen molar-refractivity contribution in [3.05, 3.63) is 29.3 Å². The molecule has 0 aromatic heterocycles. The maximum atomic E-state index is 10.7. The van der Waals surface area contributed by atoms with Gasteiger partial charge < -0.3 is 24.4 Å². The zero-order valence-electron chi connectivity index (χ0n) is 10.5. The van der Waals surface area contributed by atoms with Crippen LogP contribution in [0.4, 0.5) is 0 Å². The Morgan fingerprint density at radius 3 is 1.74 bits per heavy atom. The van der Waals surface area contributed by atoms with Gasteiger partial charge in [0, 0.05) is 11.1 Å². The number of aromatic carboxylic acids is 2. The zero-order chi connectivity index (χ0) is 12.5. The predicted octanol–water partition coefficient (Wildman–Crippen LogP) is -11.7. The van der Waals surface area contributed by atoms with Crippen molar-refractivity contribution in [2.45, 2.75) is 4.90 Å². The number of carboxylic acid groups (broad SMARTS) is 2. The van der Waals surface area contributed by atoms with Gasteiger partial charge in [-0.3, -0.25) is 0 Å². The van der Waals surface area contributed by atoms with Gasteiger partial charge in [0.05, 0.1) is 16.8 Å². The van der Waals surface area contributed by atoms with Crippen LogP contribution in [-0.2, 0) is 10.1 Å². The summed E-state index contributed by atoms with van der Waals surface area (Å²) in [4.78, 5) is 19.9. The molecule has 0 saturated heterocycles. The summed E-state index contributed by atoms with van der Waals surface area (Å²) in [5, 5.41) is 21.1. The zero-order valence-corrected chi connectivity index (χ0v) is 20.7. The van der Waals surface area contributed by atoms with Crippen LogP contribution in [0.1, 0.15) is 20.7 Å². The van der Waals surface area contributed by atoms with Crippen molar-refractivity contribution in [3.63, 3.8) is 0 Å². The Kier molecular flexibility index (Phi) is 16.3. The minimum Gasteiger partial charge on any atom is -0.744 e. The van der Waals surface area contributed by atoms with Crippen LogP contribution in [0.15, 0.2) is 23.1 Å². The summed E-state index contributed by atoms with van der Waals surface area (Å²) in [6.45, 7) is 0. The Hall–Kier alpha value is 2.98. The van der Waals surface area contributed by atoms with Gasteiger partial charge in [0.2, 0.25) is 0 Å². The second-order valence-corrected chi connectivity index (χ2v) is 4.06. The van der Waals surface area contributed by atoms with Crippen LogP contribution >= 0.6 is 0 Å². The van der Waals surface area contributed by atoms with E-state index in [9.17, 15) is 32.8 Å². The summed E-state index contributed by atoms with van der Waals surface area (Å²) in [6.07, 6.45) is 0. The van der Waals surface area contributed by atoms with E-state index in [1.165, 1.54) is 0 Å². The van der Waals surface area contributed by atoms with Crippen LogP contribution in [0, 0.1) is 0 Å². The first-order chi connectivity index (χ1) is 7.25. The van der Waals surface area contributed by atoms with Crippen molar-refractivity contribution in [2.24, 2.45) is 0 Å². The molecule has 1 aromatic rings. The van der Waals surface area contributed by atoms with E-state index >= 15 is 0 Å². The van der Waals surface area contributed by atoms with Gasteiger partial charge in [0.25, 0.3) is 0 Å². The molecular formula is C8H3K3O7S. The largest absolute Gasteiger partial charge is 1.00 e. The molecule has 0 amide bonds. The van der Waals surface area contributed by atoms with Crippen molar-refractivity contribution < 1.29 is 187 Å². The Morgan fingerprint density at radius 2 is 1.42 bits per heavy atom. The summed E-state index contributed by atoms with van der Waals surface area (Å²) in [6, 6.07) is 2.40. The first-order valence-electron chi connectivity index (χ1n) is 3.76. The first kappa shape index (κ1) is 26.9. The maximum Gasteiger partial charge on any atom is 1.00 e. The molecule has 0 radical (unpaired) electrons. The smallest absolute Gasteiger partial charge is 0.744 e. The molecule has 0 saturated carbocycles. The number of carboxylic acids is 2. The average molecular weight is 360 g/mol. The van der Waals surface area contributed by atoms with E-state index in [4.69, 9.17) is 0 Å². The molecule has 86 valence electrons. The minimum atomic E-state index is -5.10. The fourth-order valence-electron chi connectivity index (χ4n) is 1.12. The molecule has 0 unspecified atom stereocenters. The van der Waals surface area contributed by atoms with Crippen molar-refractivity contribution >= 4 is 22.1 Å². The van der Waals surface area contributed by atoms with Crippen LogP contribution in [0.25, 0.3) is 0 Å². The molecule has 0 atom stereocenters. The Balaban J connectivity index is -0.000000853. The van der Waals surface area contributed by atoms with Gasteiger partial charge in [0.15, 0.2) is 0 Å². The molecule has 0 bridgehead atoms. The minimum absolute atomic E-state index is 0. The molecule has 11 heteroatoms. The number of carbonyl (C=O) groups is 2. The Bertz CT molecular complexity index is 570. The van der Waals surface area contributed by atoms with Crippen LogP contribution in [0.2, 0.25) is 0 Å². The summed E-state index contributed by atoms with van der Waals surface area (Å²) in [7, 11) is -5.10. The summed E-state index contributed by atoms with van der Waals surface area (Å²) in [5.41, 5.74) is -2.12.